The van der Waals surface area contributed by atoms with E-state index >= 15 is 0 Å². The van der Waals surface area contributed by atoms with Gasteiger partial charge in [0.05, 0.1) is 128 Å². The van der Waals surface area contributed by atoms with Crippen molar-refractivity contribution in [2.75, 3.05) is 85.0 Å². The maximum atomic E-state index is 11.9. The number of aromatic carboxylic acids is 1. The van der Waals surface area contributed by atoms with Crippen molar-refractivity contribution < 1.29 is 130 Å². The number of halogens is 10. The molecule has 708 valence electrons. The maximum Gasteiger partial charge on any atom is 1.00 e. The molecule has 5 N–H and O–H groups in total. The number of aliphatic hydroxyl groups is 1. The Kier molecular flexibility index (Phi) is 43.6. The summed E-state index contributed by atoms with van der Waals surface area (Å²) in [6.07, 6.45) is 10.9. The Balaban J connectivity index is 0.000000264. The van der Waals surface area contributed by atoms with Gasteiger partial charge in [0, 0.05) is 55.6 Å². The van der Waals surface area contributed by atoms with Crippen molar-refractivity contribution in [3.63, 3.8) is 0 Å². The van der Waals surface area contributed by atoms with E-state index in [4.69, 9.17) is 85.7 Å². The molecule has 10 aliphatic rings. The third-order valence-corrected chi connectivity index (χ3v) is 26.7. The number of anilines is 1. The van der Waals surface area contributed by atoms with Gasteiger partial charge in [0.25, 0.3) is 0 Å². The van der Waals surface area contributed by atoms with Crippen LogP contribution in [0.3, 0.4) is 0 Å². The first-order valence-electron chi connectivity index (χ1n) is 39.4. The third kappa shape index (κ3) is 30.3. The number of alkyl halides is 2. The average Bonchev–Trinajstić information content (AvgIpc) is 1.59. The summed E-state index contributed by atoms with van der Waals surface area (Å²) in [5.41, 5.74) is 12.8. The molecule has 4 spiro atoms. The number of carboxylic acid groups (broad SMARTS) is 1. The number of rotatable bonds is 11. The van der Waals surface area contributed by atoms with E-state index in [1.54, 1.807) is 66.7 Å². The number of aliphatic hydroxyl groups excluding tert-OH is 1. The van der Waals surface area contributed by atoms with Crippen LogP contribution in [0.15, 0.2) is 115 Å². The number of pyridine rings is 8. The van der Waals surface area contributed by atoms with E-state index in [2.05, 4.69) is 154 Å². The molecule has 0 bridgehead atoms. The molecular formula is C89H98Br6Cl4LiN9O23. The van der Waals surface area contributed by atoms with Crippen LogP contribution in [0, 0.1) is 6.92 Å². The fraction of sp³-hybridized carbons (Fsp3) is 0.438. The second-order valence-corrected chi connectivity index (χ2v) is 38.0. The maximum absolute atomic E-state index is 11.9. The molecule has 0 amide bonds. The molecule has 32 nitrogen and oxygen atoms in total. The molecule has 6 fully saturated rings. The number of ether oxygens (including phenoxy) is 10. The monoisotopic (exact) mass is 2280 g/mol. The molecule has 6 saturated carbocycles. The van der Waals surface area contributed by atoms with Crippen molar-refractivity contribution >= 4 is 208 Å². The van der Waals surface area contributed by atoms with Crippen LogP contribution in [0.5, 0.6) is 0 Å². The fourth-order valence-corrected chi connectivity index (χ4v) is 15.5. The molecule has 43 heteroatoms. The predicted molar refractivity (Wildman–Crippen MR) is 506 cm³/mol. The number of hydrogen-bond acceptors (Lipinski definition) is 31. The number of fused-ring (bicyclic) bond motifs is 8. The molecule has 0 atom stereocenters. The Morgan fingerprint density at radius 3 is 1.20 bits per heavy atom. The Morgan fingerprint density at radius 1 is 0.447 bits per heavy atom. The van der Waals surface area contributed by atoms with Crippen molar-refractivity contribution in [1.29, 1.82) is 0 Å². The molecule has 0 radical (unpaired) electrons. The predicted octanol–water partition coefficient (Wildman–Crippen LogP) is 15.6. The van der Waals surface area contributed by atoms with Crippen molar-refractivity contribution in [1.82, 2.24) is 39.9 Å². The minimum atomic E-state index is -1.07. The molecule has 12 heterocycles. The SMILES string of the molecule is BrCCBr.C.C.CC(C)(C)OC(=O)Cc1ccc2c(n1)C1(CC1)COC2=O.COC(=O)C1(c2nc(Cl)ccc2Br)CC1.COC(=O)Cc1nc(Cl)ccc1Br.COC(=O)OC.COC(=O)c1ccc2c(n1)C1(CC1)COC2=O.Cc1nc(Cl)ccc1Br.Nc1ccc2c(n1)C1(CC1)COC2=O.O=C(O)c1ccc2c(n1)C1(CC1)COC2=O.OCC1(c2nc(Cl)ccc2Br)CC1.[Li+].[OH-]. The summed E-state index contributed by atoms with van der Waals surface area (Å²) >= 11 is 42.6. The van der Waals surface area contributed by atoms with Crippen LogP contribution in [0.1, 0.15) is 226 Å². The minimum absolute atomic E-state index is 0. The van der Waals surface area contributed by atoms with Crippen LogP contribution in [-0.2, 0) is 107 Å². The first-order chi connectivity index (χ1) is 60.6. The number of nitrogens with two attached hydrogens (primary N) is 1. The summed E-state index contributed by atoms with van der Waals surface area (Å²) in [6.45, 7) is 9.12. The first kappa shape index (κ1) is 115. The van der Waals surface area contributed by atoms with Crippen molar-refractivity contribution in [3.8, 4) is 0 Å². The molecule has 8 aromatic heterocycles. The molecule has 0 saturated heterocycles. The fourth-order valence-electron chi connectivity index (χ4n) is 13.1. The van der Waals surface area contributed by atoms with E-state index in [0.717, 1.165) is 128 Å². The summed E-state index contributed by atoms with van der Waals surface area (Å²) in [5, 5.41) is 22.0. The topological polar surface area (TPSA) is 463 Å². The van der Waals surface area contributed by atoms with E-state index in [9.17, 15) is 53.1 Å². The van der Waals surface area contributed by atoms with Gasteiger partial charge in [-0.3, -0.25) is 19.4 Å². The number of aryl methyl sites for hydroxylation is 1. The van der Waals surface area contributed by atoms with Crippen molar-refractivity contribution in [3.05, 3.63) is 220 Å². The van der Waals surface area contributed by atoms with Crippen LogP contribution in [0.4, 0.5) is 10.6 Å². The third-order valence-electron chi connectivity index (χ3n) is 21.1. The van der Waals surface area contributed by atoms with Gasteiger partial charge in [-0.05, 0) is 266 Å². The van der Waals surface area contributed by atoms with Gasteiger partial charge in [0.1, 0.15) is 75.3 Å². The molecule has 0 aromatic carbocycles. The average molecular weight is 2290 g/mol. The summed E-state index contributed by atoms with van der Waals surface area (Å²) in [5.74, 6) is -3.32. The Hall–Kier alpha value is -7.94. The largest absolute Gasteiger partial charge is 1.00 e. The number of cyclic esters (lactones) is 4. The number of carbonyl (C=O) groups excluding carboxylic acids is 9. The summed E-state index contributed by atoms with van der Waals surface area (Å²) in [4.78, 5) is 146. The molecular weight excluding hydrogens is 2190 g/mol. The van der Waals surface area contributed by atoms with E-state index in [-0.39, 0.29) is 133 Å². The van der Waals surface area contributed by atoms with Crippen LogP contribution in [0.25, 0.3) is 0 Å². The van der Waals surface area contributed by atoms with Gasteiger partial charge in [-0.15, -0.1) is 0 Å². The van der Waals surface area contributed by atoms with Gasteiger partial charge in [-0.2, -0.15) is 0 Å². The van der Waals surface area contributed by atoms with Crippen molar-refractivity contribution in [2.45, 2.75) is 171 Å². The Bertz CT molecular complexity index is 5500. The van der Waals surface area contributed by atoms with Crippen molar-refractivity contribution in [2.24, 2.45) is 0 Å². The number of carboxylic acids is 1. The zero-order chi connectivity index (χ0) is 94.0. The van der Waals surface area contributed by atoms with Gasteiger partial charge in [0.15, 0.2) is 0 Å². The molecule has 18 rings (SSSR count). The van der Waals surface area contributed by atoms with Gasteiger partial charge in [-0.1, -0.05) is 93.1 Å². The Labute approximate surface area is 845 Å². The van der Waals surface area contributed by atoms with Crippen LogP contribution < -0.4 is 24.6 Å². The number of aromatic nitrogens is 8. The van der Waals surface area contributed by atoms with Gasteiger partial charge in [0.2, 0.25) is 0 Å². The number of nitrogen functional groups attached to an aromatic ring is 1. The first-order valence-corrected chi connectivity index (χ1v) is 46.3. The van der Waals surface area contributed by atoms with E-state index in [1.165, 1.54) is 53.7 Å². The summed E-state index contributed by atoms with van der Waals surface area (Å²) < 4.78 is 51.2. The number of carbonyl (C=O) groups is 10. The molecule has 8 aromatic rings. The number of nitrogens with zero attached hydrogens (tertiary/aromatic N) is 8. The minimum Gasteiger partial charge on any atom is -0.870 e. The molecule has 6 aliphatic carbocycles. The quantitative estimate of drug-likeness (QED) is 0.0356. The van der Waals surface area contributed by atoms with Gasteiger partial charge in [-0.25, -0.2) is 68.4 Å². The van der Waals surface area contributed by atoms with Gasteiger partial charge < -0.3 is 68.8 Å². The van der Waals surface area contributed by atoms with E-state index < -0.39 is 35.1 Å². The second-order valence-electron chi connectivity index (χ2n) is 31.5. The smallest absolute Gasteiger partial charge is 0.870 e. The normalized spacial score (nSPS) is 16.2. The van der Waals surface area contributed by atoms with E-state index in [0.29, 0.717) is 104 Å². The summed E-state index contributed by atoms with van der Waals surface area (Å²) in [7, 11) is 6.55. The zero-order valence-electron chi connectivity index (χ0n) is 72.0. The van der Waals surface area contributed by atoms with Gasteiger partial charge >= 0.3 is 78.7 Å². The van der Waals surface area contributed by atoms with Crippen LogP contribution in [0.2, 0.25) is 20.6 Å². The molecule has 132 heavy (non-hydrogen) atoms. The van der Waals surface area contributed by atoms with Crippen LogP contribution in [-0.4, -0.2) is 200 Å². The Morgan fingerprint density at radius 2 is 0.833 bits per heavy atom. The van der Waals surface area contributed by atoms with Crippen LogP contribution >= 0.6 is 142 Å². The molecule has 4 aliphatic heterocycles. The number of esters is 8. The standard InChI is InChI=1S/C16H19NO4.C12H11NO4.C11H9NO4.C10H9BrClNO2.C10H10N2O2.C9H9BrClNO.C8H7BrClNO2.C6H5BrClN.C3H6O3.C2H4Br2.2CH4.Li.H2O/c1-15(2,3)21-12(18)8-10-4-5-11-13(17-10)16(6-7-16)9-20-14(11)19;1-16-11(15)8-3-2-7-9(13-8)12(4-5-12)6-17-10(7)14;13-9(14)7-2-1-6-8(12-7)11(3-4-11)5-16-10(6)15;1-15-9(14)10(4-5-10)8-6(11)2-3-7(12)13-8;11-7-2-1-6-8(12-7)10(3-4-10)5-14-9(6)13;10-6-1-2-7(11)12-8(6)9(5-13)3-4-9;1-13-8(12)4-6-5(9)2-3-7(10)11-6;1-4-5(7)2-3-6(8)9-4;1-5-3(4)6-2;3-1-2-4;;;;/h4-5H,6-9H2,1-3H3;2-3H,4-6H2,1H3;1-2H,3-5H2,(H,13,14);2-3H,4-5H2,1H3;1-2H,3-5H2,(H2,11,12);1-2,13H,3-5H2;2-3H,4H2,1H3;2-3H,1H3;1-2H3;1-2H2;2*1H4;;1H2/q;;;;;;;;;;;;+1;/p-1. The number of methoxy groups -OCH3 is 5. The number of hydrogen-bond donors (Lipinski definition) is 3. The van der Waals surface area contributed by atoms with E-state index in [1.807, 2.05) is 39.8 Å². The zero-order valence-corrected chi connectivity index (χ0v) is 84.6. The summed E-state index contributed by atoms with van der Waals surface area (Å²) in [6, 6.07) is 26.8. The second kappa shape index (κ2) is 50.2. The molecule has 0 unspecified atom stereocenters.